The molecule has 1 atom stereocenters. The molecule has 128 valence electrons. The van der Waals surface area contributed by atoms with Crippen LogP contribution in [0.15, 0.2) is 24.3 Å². The standard InChI is InChI=1S/C18H28N2O3/c1-18(2,3)23-17(21)20(4)12-7-11-19-15-10-13-22-16-9-6-5-8-14(15)16/h5-6,8-9,15,19H,7,10-13H2,1-4H3. The molecule has 0 bridgehead atoms. The van der Waals surface area contributed by atoms with Crippen LogP contribution in [0.1, 0.15) is 45.2 Å². The zero-order valence-electron chi connectivity index (χ0n) is 14.6. The van der Waals surface area contributed by atoms with Gasteiger partial charge in [-0.05, 0) is 39.8 Å². The lowest BCUT2D eigenvalue weighted by Gasteiger charge is -2.27. The second-order valence-electron chi connectivity index (χ2n) is 6.94. The van der Waals surface area contributed by atoms with E-state index in [0.717, 1.165) is 31.7 Å². The Balaban J connectivity index is 1.73. The highest BCUT2D eigenvalue weighted by atomic mass is 16.6. The van der Waals surface area contributed by atoms with Gasteiger partial charge in [-0.15, -0.1) is 0 Å². The first-order valence-electron chi connectivity index (χ1n) is 8.26. The number of fused-ring (bicyclic) bond motifs is 1. The molecule has 0 aromatic heterocycles. The van der Waals surface area contributed by atoms with Crippen LogP contribution in [0.3, 0.4) is 0 Å². The van der Waals surface area contributed by atoms with Crippen molar-refractivity contribution in [3.63, 3.8) is 0 Å². The summed E-state index contributed by atoms with van der Waals surface area (Å²) in [7, 11) is 1.78. The summed E-state index contributed by atoms with van der Waals surface area (Å²) < 4.78 is 11.0. The maximum atomic E-state index is 11.9. The number of rotatable bonds is 5. The van der Waals surface area contributed by atoms with Crippen LogP contribution >= 0.6 is 0 Å². The summed E-state index contributed by atoms with van der Waals surface area (Å²) in [6.45, 7) is 7.90. The molecule has 0 radical (unpaired) electrons. The Morgan fingerprint density at radius 2 is 2.13 bits per heavy atom. The number of hydrogen-bond acceptors (Lipinski definition) is 4. The summed E-state index contributed by atoms with van der Waals surface area (Å²) in [6.07, 6.45) is 1.59. The Labute approximate surface area is 139 Å². The predicted octanol–water partition coefficient (Wildman–Crippen LogP) is 3.36. The molecule has 2 rings (SSSR count). The average Bonchev–Trinajstić information content (AvgIpc) is 2.49. The highest BCUT2D eigenvalue weighted by molar-refractivity contribution is 5.67. The van der Waals surface area contributed by atoms with Crippen molar-refractivity contribution in [3.05, 3.63) is 29.8 Å². The molecule has 1 aliphatic heterocycles. The third-order valence-corrected chi connectivity index (χ3v) is 3.72. The van der Waals surface area contributed by atoms with Crippen molar-refractivity contribution >= 4 is 6.09 Å². The average molecular weight is 320 g/mol. The van der Waals surface area contributed by atoms with Gasteiger partial charge in [0, 0.05) is 31.6 Å². The second kappa shape index (κ2) is 7.68. The fourth-order valence-electron chi connectivity index (χ4n) is 2.58. The van der Waals surface area contributed by atoms with E-state index in [-0.39, 0.29) is 6.09 Å². The van der Waals surface area contributed by atoms with Crippen LogP contribution in [0.4, 0.5) is 4.79 Å². The quantitative estimate of drug-likeness (QED) is 0.845. The van der Waals surface area contributed by atoms with E-state index >= 15 is 0 Å². The van der Waals surface area contributed by atoms with Crippen molar-refractivity contribution in [2.24, 2.45) is 0 Å². The molecule has 0 saturated carbocycles. The molecule has 5 nitrogen and oxygen atoms in total. The molecule has 1 unspecified atom stereocenters. The van der Waals surface area contributed by atoms with Gasteiger partial charge in [0.25, 0.3) is 0 Å². The van der Waals surface area contributed by atoms with E-state index in [9.17, 15) is 4.79 Å². The third kappa shape index (κ3) is 5.43. The Morgan fingerprint density at radius 3 is 2.87 bits per heavy atom. The lowest BCUT2D eigenvalue weighted by atomic mass is 10.0. The second-order valence-corrected chi connectivity index (χ2v) is 6.94. The largest absolute Gasteiger partial charge is 0.493 e. The molecule has 1 aliphatic rings. The van der Waals surface area contributed by atoms with Gasteiger partial charge in [-0.2, -0.15) is 0 Å². The van der Waals surface area contributed by atoms with Crippen molar-refractivity contribution in [2.75, 3.05) is 26.7 Å². The van der Waals surface area contributed by atoms with E-state index in [4.69, 9.17) is 9.47 Å². The SMILES string of the molecule is CN(CCCNC1CCOc2ccccc21)C(=O)OC(C)(C)C. The summed E-state index contributed by atoms with van der Waals surface area (Å²) in [6, 6.07) is 8.49. The lowest BCUT2D eigenvalue weighted by molar-refractivity contribution is 0.0297. The number of para-hydroxylation sites is 1. The summed E-state index contributed by atoms with van der Waals surface area (Å²) in [5.41, 5.74) is 0.773. The maximum absolute atomic E-state index is 11.9. The lowest BCUT2D eigenvalue weighted by Crippen LogP contribution is -2.36. The summed E-state index contributed by atoms with van der Waals surface area (Å²) in [5.74, 6) is 0.974. The van der Waals surface area contributed by atoms with Crippen molar-refractivity contribution < 1.29 is 14.3 Å². The van der Waals surface area contributed by atoms with Crippen molar-refractivity contribution in [2.45, 2.75) is 45.3 Å². The van der Waals surface area contributed by atoms with Crippen molar-refractivity contribution in [1.82, 2.24) is 10.2 Å². The van der Waals surface area contributed by atoms with Crippen LogP contribution < -0.4 is 10.1 Å². The highest BCUT2D eigenvalue weighted by Gasteiger charge is 2.21. The predicted molar refractivity (Wildman–Crippen MR) is 90.8 cm³/mol. The number of carbonyl (C=O) groups is 1. The number of benzene rings is 1. The number of ether oxygens (including phenoxy) is 2. The van der Waals surface area contributed by atoms with Gasteiger partial charge in [-0.1, -0.05) is 18.2 Å². The number of hydrogen-bond donors (Lipinski definition) is 1. The number of nitrogens with one attached hydrogen (secondary N) is 1. The zero-order chi connectivity index (χ0) is 16.9. The van der Waals surface area contributed by atoms with Gasteiger partial charge in [0.15, 0.2) is 0 Å². The molecule has 23 heavy (non-hydrogen) atoms. The minimum Gasteiger partial charge on any atom is -0.493 e. The number of nitrogens with zero attached hydrogens (tertiary/aromatic N) is 1. The van der Waals surface area contributed by atoms with Crippen LogP contribution in [-0.4, -0.2) is 43.3 Å². The van der Waals surface area contributed by atoms with Crippen LogP contribution in [0.25, 0.3) is 0 Å². The summed E-state index contributed by atoms with van der Waals surface area (Å²) in [4.78, 5) is 13.5. The fraction of sp³-hybridized carbons (Fsp3) is 0.611. The third-order valence-electron chi connectivity index (χ3n) is 3.72. The van der Waals surface area contributed by atoms with E-state index in [0.29, 0.717) is 12.6 Å². The molecule has 0 spiro atoms. The monoisotopic (exact) mass is 320 g/mol. The first-order valence-corrected chi connectivity index (χ1v) is 8.26. The van der Waals surface area contributed by atoms with Gasteiger partial charge in [0.2, 0.25) is 0 Å². The number of amides is 1. The summed E-state index contributed by atoms with van der Waals surface area (Å²) in [5, 5.41) is 3.56. The molecule has 1 aromatic rings. The minimum atomic E-state index is -0.449. The first-order chi connectivity index (χ1) is 10.9. The van der Waals surface area contributed by atoms with Gasteiger partial charge in [0.1, 0.15) is 11.4 Å². The fourth-order valence-corrected chi connectivity index (χ4v) is 2.58. The smallest absolute Gasteiger partial charge is 0.410 e. The van der Waals surface area contributed by atoms with E-state index in [1.165, 1.54) is 5.56 Å². The Hall–Kier alpha value is -1.75. The molecule has 1 amide bonds. The molecule has 0 aliphatic carbocycles. The Morgan fingerprint density at radius 1 is 1.39 bits per heavy atom. The van der Waals surface area contributed by atoms with Gasteiger partial charge < -0.3 is 19.7 Å². The van der Waals surface area contributed by atoms with Crippen LogP contribution in [0.2, 0.25) is 0 Å². The number of carbonyl (C=O) groups excluding carboxylic acids is 1. The first kappa shape index (κ1) is 17.6. The topological polar surface area (TPSA) is 50.8 Å². The molecule has 0 saturated heterocycles. The van der Waals surface area contributed by atoms with Gasteiger partial charge >= 0.3 is 6.09 Å². The molecule has 0 fully saturated rings. The van der Waals surface area contributed by atoms with E-state index in [1.54, 1.807) is 11.9 Å². The van der Waals surface area contributed by atoms with Gasteiger partial charge in [-0.3, -0.25) is 0 Å². The molecule has 1 aromatic carbocycles. The zero-order valence-corrected chi connectivity index (χ0v) is 14.6. The van der Waals surface area contributed by atoms with Gasteiger partial charge in [0.05, 0.1) is 6.61 Å². The Bertz CT molecular complexity index is 525. The molecule has 1 N–H and O–H groups in total. The van der Waals surface area contributed by atoms with Crippen LogP contribution in [0.5, 0.6) is 5.75 Å². The van der Waals surface area contributed by atoms with Crippen LogP contribution in [0, 0.1) is 0 Å². The van der Waals surface area contributed by atoms with Crippen molar-refractivity contribution in [1.29, 1.82) is 0 Å². The maximum Gasteiger partial charge on any atom is 0.410 e. The van der Waals surface area contributed by atoms with Gasteiger partial charge in [-0.25, -0.2) is 4.79 Å². The summed E-state index contributed by atoms with van der Waals surface area (Å²) >= 11 is 0. The van der Waals surface area contributed by atoms with Crippen molar-refractivity contribution in [3.8, 4) is 5.75 Å². The minimum absolute atomic E-state index is 0.270. The highest BCUT2D eigenvalue weighted by Crippen LogP contribution is 2.31. The van der Waals surface area contributed by atoms with Crippen LogP contribution in [-0.2, 0) is 4.74 Å². The molecular weight excluding hydrogens is 292 g/mol. The van der Waals surface area contributed by atoms with E-state index in [1.807, 2.05) is 39.0 Å². The van der Waals surface area contributed by atoms with E-state index < -0.39 is 5.60 Å². The Kier molecular flexibility index (Phi) is 5.88. The normalized spacial score (nSPS) is 17.1. The molecular formula is C18H28N2O3. The molecule has 5 heteroatoms. The van der Waals surface area contributed by atoms with E-state index in [2.05, 4.69) is 11.4 Å². The molecule has 1 heterocycles.